The van der Waals surface area contributed by atoms with Crippen molar-refractivity contribution in [2.75, 3.05) is 17.3 Å². The number of amides is 2. The van der Waals surface area contributed by atoms with Gasteiger partial charge in [0, 0.05) is 29.3 Å². The maximum atomic E-state index is 11.9. The Bertz CT molecular complexity index is 515. The molecule has 0 unspecified atom stereocenters. The van der Waals surface area contributed by atoms with E-state index in [2.05, 4.69) is 10.3 Å². The van der Waals surface area contributed by atoms with Gasteiger partial charge in [-0.05, 0) is 18.2 Å². The van der Waals surface area contributed by atoms with Crippen LogP contribution >= 0.6 is 22.9 Å². The maximum absolute atomic E-state index is 11.9. The molecule has 0 spiro atoms. The molecule has 0 aliphatic carbocycles. The van der Waals surface area contributed by atoms with Gasteiger partial charge in [0.05, 0.1) is 0 Å². The largest absolute Gasteiger partial charge is 0.327 e. The normalized spacial score (nSPS) is 10.0. The fraction of sp³-hybridized carbons (Fsp3) is 0.0909. The number of nitrogens with one attached hydrogen (secondary N) is 1. The topological polar surface area (TPSA) is 45.2 Å². The van der Waals surface area contributed by atoms with Gasteiger partial charge in [-0.15, -0.1) is 11.3 Å². The Hall–Kier alpha value is -1.59. The molecule has 1 N–H and O–H groups in total. The summed E-state index contributed by atoms with van der Waals surface area (Å²) in [6.45, 7) is 0. The number of halogens is 1. The Morgan fingerprint density at radius 1 is 1.53 bits per heavy atom. The molecule has 1 aromatic carbocycles. The lowest BCUT2D eigenvalue weighted by Gasteiger charge is -2.14. The van der Waals surface area contributed by atoms with E-state index >= 15 is 0 Å². The zero-order valence-electron chi connectivity index (χ0n) is 9.05. The molecule has 2 amide bonds. The molecule has 1 aromatic heterocycles. The highest BCUT2D eigenvalue weighted by molar-refractivity contribution is 7.13. The molecule has 0 atom stereocenters. The third-order valence-corrected chi connectivity index (χ3v) is 3.17. The molecule has 4 nitrogen and oxygen atoms in total. The van der Waals surface area contributed by atoms with Crippen molar-refractivity contribution in [2.45, 2.75) is 0 Å². The standard InChI is InChI=1S/C11H10ClN3OS/c1-15(11-13-5-6-17-11)10(16)14-9-4-2-3-8(12)7-9/h2-7H,1H3,(H,14,16). The second-order valence-corrected chi connectivity index (χ2v) is 4.62. The lowest BCUT2D eigenvalue weighted by Crippen LogP contribution is -2.30. The molecule has 0 radical (unpaired) electrons. The van der Waals surface area contributed by atoms with Crippen molar-refractivity contribution < 1.29 is 4.79 Å². The fourth-order valence-corrected chi connectivity index (χ4v) is 2.04. The number of hydrogen-bond acceptors (Lipinski definition) is 3. The monoisotopic (exact) mass is 267 g/mol. The summed E-state index contributed by atoms with van der Waals surface area (Å²) >= 11 is 7.23. The minimum absolute atomic E-state index is 0.248. The second kappa shape index (κ2) is 5.16. The number of anilines is 2. The number of carbonyl (C=O) groups excluding carboxylic acids is 1. The van der Waals surface area contributed by atoms with Crippen molar-refractivity contribution >= 4 is 39.8 Å². The van der Waals surface area contributed by atoms with Gasteiger partial charge < -0.3 is 5.32 Å². The Kier molecular flexibility index (Phi) is 3.61. The van der Waals surface area contributed by atoms with Crippen molar-refractivity contribution in [3.8, 4) is 0 Å². The Balaban J connectivity index is 2.07. The zero-order valence-corrected chi connectivity index (χ0v) is 10.6. The van der Waals surface area contributed by atoms with E-state index in [1.165, 1.54) is 16.2 Å². The van der Waals surface area contributed by atoms with Crippen LogP contribution in [-0.2, 0) is 0 Å². The van der Waals surface area contributed by atoms with Crippen molar-refractivity contribution in [3.05, 3.63) is 40.9 Å². The number of hydrogen-bond donors (Lipinski definition) is 1. The van der Waals surface area contributed by atoms with E-state index in [0.29, 0.717) is 15.8 Å². The van der Waals surface area contributed by atoms with Crippen molar-refractivity contribution in [2.24, 2.45) is 0 Å². The van der Waals surface area contributed by atoms with Crippen LogP contribution in [0.3, 0.4) is 0 Å². The van der Waals surface area contributed by atoms with E-state index in [1.807, 2.05) is 5.38 Å². The summed E-state index contributed by atoms with van der Waals surface area (Å²) in [4.78, 5) is 17.4. The first-order valence-electron chi connectivity index (χ1n) is 4.86. The van der Waals surface area contributed by atoms with E-state index in [9.17, 15) is 4.79 Å². The number of aromatic nitrogens is 1. The quantitative estimate of drug-likeness (QED) is 0.906. The van der Waals surface area contributed by atoms with Crippen molar-refractivity contribution in [3.63, 3.8) is 0 Å². The molecular formula is C11H10ClN3OS. The highest BCUT2D eigenvalue weighted by Gasteiger charge is 2.12. The molecule has 88 valence electrons. The third kappa shape index (κ3) is 2.95. The summed E-state index contributed by atoms with van der Waals surface area (Å²) in [5, 5.41) is 5.78. The Morgan fingerprint density at radius 2 is 2.35 bits per heavy atom. The number of nitrogens with zero attached hydrogens (tertiary/aromatic N) is 2. The van der Waals surface area contributed by atoms with Crippen LogP contribution < -0.4 is 10.2 Å². The molecular weight excluding hydrogens is 258 g/mol. The molecule has 6 heteroatoms. The van der Waals surface area contributed by atoms with Gasteiger partial charge in [0.15, 0.2) is 5.13 Å². The number of rotatable bonds is 2. The average molecular weight is 268 g/mol. The van der Waals surface area contributed by atoms with Gasteiger partial charge in [-0.2, -0.15) is 0 Å². The molecule has 2 aromatic rings. The minimum Gasteiger partial charge on any atom is -0.307 e. The molecule has 0 saturated carbocycles. The first-order chi connectivity index (χ1) is 8.16. The smallest absolute Gasteiger partial charge is 0.307 e. The molecule has 0 fully saturated rings. The van der Waals surface area contributed by atoms with E-state index in [0.717, 1.165) is 0 Å². The minimum atomic E-state index is -0.248. The van der Waals surface area contributed by atoms with E-state index in [4.69, 9.17) is 11.6 Å². The van der Waals surface area contributed by atoms with Gasteiger partial charge in [-0.25, -0.2) is 9.78 Å². The van der Waals surface area contributed by atoms with Crippen LogP contribution in [0.15, 0.2) is 35.8 Å². The molecule has 17 heavy (non-hydrogen) atoms. The first-order valence-corrected chi connectivity index (χ1v) is 6.12. The number of thiazole rings is 1. The second-order valence-electron chi connectivity index (χ2n) is 3.31. The predicted octanol–water partition coefficient (Wildman–Crippen LogP) is 3.46. The van der Waals surface area contributed by atoms with Crippen LogP contribution in [-0.4, -0.2) is 18.1 Å². The number of urea groups is 1. The summed E-state index contributed by atoms with van der Waals surface area (Å²) in [6, 6.07) is 6.75. The van der Waals surface area contributed by atoms with Gasteiger partial charge in [0.25, 0.3) is 0 Å². The maximum Gasteiger partial charge on any atom is 0.327 e. The Labute approximate surface area is 108 Å². The summed E-state index contributed by atoms with van der Waals surface area (Å²) < 4.78 is 0. The summed E-state index contributed by atoms with van der Waals surface area (Å²) in [6.07, 6.45) is 1.66. The van der Waals surface area contributed by atoms with E-state index in [-0.39, 0.29) is 6.03 Å². The Morgan fingerprint density at radius 3 is 3.00 bits per heavy atom. The SMILES string of the molecule is CN(C(=O)Nc1cccc(Cl)c1)c1nccs1. The van der Waals surface area contributed by atoms with Gasteiger partial charge in [-0.3, -0.25) is 4.90 Å². The molecule has 0 aliphatic rings. The summed E-state index contributed by atoms with van der Waals surface area (Å²) in [7, 11) is 1.67. The first kappa shape index (κ1) is 11.9. The van der Waals surface area contributed by atoms with E-state index in [1.54, 1.807) is 37.5 Å². The van der Waals surface area contributed by atoms with Crippen LogP contribution in [0.25, 0.3) is 0 Å². The fourth-order valence-electron chi connectivity index (χ4n) is 1.24. The molecule has 1 heterocycles. The number of benzene rings is 1. The molecule has 2 rings (SSSR count). The molecule has 0 saturated heterocycles. The average Bonchev–Trinajstić information content (AvgIpc) is 2.81. The zero-order chi connectivity index (χ0) is 12.3. The van der Waals surface area contributed by atoms with Gasteiger partial charge in [0.1, 0.15) is 0 Å². The third-order valence-electron chi connectivity index (χ3n) is 2.09. The van der Waals surface area contributed by atoms with Crippen LogP contribution in [0.1, 0.15) is 0 Å². The van der Waals surface area contributed by atoms with Crippen LogP contribution in [0, 0.1) is 0 Å². The van der Waals surface area contributed by atoms with Crippen LogP contribution in [0.4, 0.5) is 15.6 Å². The highest BCUT2D eigenvalue weighted by Crippen LogP contribution is 2.18. The van der Waals surface area contributed by atoms with Crippen LogP contribution in [0.2, 0.25) is 5.02 Å². The lowest BCUT2D eigenvalue weighted by atomic mass is 10.3. The van der Waals surface area contributed by atoms with Crippen LogP contribution in [0.5, 0.6) is 0 Å². The molecule has 0 bridgehead atoms. The van der Waals surface area contributed by atoms with Gasteiger partial charge >= 0.3 is 6.03 Å². The van der Waals surface area contributed by atoms with Gasteiger partial charge in [-0.1, -0.05) is 17.7 Å². The predicted molar refractivity (Wildman–Crippen MR) is 71.0 cm³/mol. The van der Waals surface area contributed by atoms with Gasteiger partial charge in [0.2, 0.25) is 0 Å². The highest BCUT2D eigenvalue weighted by atomic mass is 35.5. The van der Waals surface area contributed by atoms with Crippen molar-refractivity contribution in [1.82, 2.24) is 4.98 Å². The summed E-state index contributed by atoms with van der Waals surface area (Å²) in [5.41, 5.74) is 0.658. The summed E-state index contributed by atoms with van der Waals surface area (Å²) in [5.74, 6) is 0. The number of carbonyl (C=O) groups is 1. The lowest BCUT2D eigenvalue weighted by molar-refractivity contribution is 0.258. The van der Waals surface area contributed by atoms with Crippen molar-refractivity contribution in [1.29, 1.82) is 0 Å². The molecule has 0 aliphatic heterocycles. The van der Waals surface area contributed by atoms with E-state index < -0.39 is 0 Å².